The number of anilines is 6. The lowest BCUT2D eigenvalue weighted by Crippen LogP contribution is -2.28. The molecule has 4 aromatic heterocycles. The predicted octanol–water partition coefficient (Wildman–Crippen LogP) is 30.0. The van der Waals surface area contributed by atoms with Crippen molar-refractivity contribution in [3.8, 4) is 55.6 Å². The number of para-hydroxylation sites is 3. The third-order valence-electron chi connectivity index (χ3n) is 24.8. The highest BCUT2D eigenvalue weighted by atomic mass is 16.3. The van der Waals surface area contributed by atoms with Gasteiger partial charge in [-0.05, 0) is 228 Å². The number of rotatable bonds is 13. The van der Waals surface area contributed by atoms with Crippen LogP contribution in [-0.2, 0) is 10.8 Å². The van der Waals surface area contributed by atoms with Gasteiger partial charge in [-0.1, -0.05) is 285 Å². The Morgan fingerprint density at radius 1 is 0.172 bits per heavy atom. The summed E-state index contributed by atoms with van der Waals surface area (Å²) in [6.07, 6.45) is 0. The van der Waals surface area contributed by atoms with Crippen molar-refractivity contribution in [2.75, 3.05) is 9.80 Å². The Labute approximate surface area is 668 Å². The normalized spacial score (nSPS) is 13.1. The van der Waals surface area contributed by atoms with Gasteiger partial charge in [0.05, 0.1) is 16.5 Å². The molecule has 6 nitrogen and oxygen atoms in total. The molecule has 542 valence electrons. The summed E-state index contributed by atoms with van der Waals surface area (Å²) in [5, 5.41) is 8.49. The Hall–Kier alpha value is -15.2. The van der Waals surface area contributed by atoms with Crippen molar-refractivity contribution in [1.82, 2.24) is 0 Å². The van der Waals surface area contributed by atoms with Gasteiger partial charge in [0.2, 0.25) is 0 Å². The second kappa shape index (κ2) is 25.7. The lowest BCUT2D eigenvalue weighted by Gasteiger charge is -2.33. The van der Waals surface area contributed by atoms with Crippen LogP contribution in [0, 0.1) is 0 Å². The number of benzene rings is 18. The summed E-state index contributed by atoms with van der Waals surface area (Å²) in [7, 11) is 0. The van der Waals surface area contributed by atoms with E-state index in [4.69, 9.17) is 17.7 Å². The highest BCUT2D eigenvalue weighted by molar-refractivity contribution is 6.15. The van der Waals surface area contributed by atoms with E-state index in [-0.39, 0.29) is 0 Å². The molecule has 0 unspecified atom stereocenters. The van der Waals surface area contributed by atoms with E-state index in [1.807, 2.05) is 24.3 Å². The molecular formula is C110H68N2O4. The maximum Gasteiger partial charge on any atom is 0.159 e. The molecule has 2 aliphatic carbocycles. The summed E-state index contributed by atoms with van der Waals surface area (Å²) in [4.78, 5) is 4.70. The van der Waals surface area contributed by atoms with E-state index in [1.165, 1.54) is 66.8 Å². The maximum atomic E-state index is 7.36. The minimum atomic E-state index is -0.568. The van der Waals surface area contributed by atoms with Crippen molar-refractivity contribution in [2.45, 2.75) is 10.8 Å². The summed E-state index contributed by atoms with van der Waals surface area (Å²) in [6.45, 7) is 0. The molecule has 6 heteroatoms. The van der Waals surface area contributed by atoms with Crippen LogP contribution in [0.1, 0.15) is 44.5 Å². The van der Waals surface area contributed by atoms with E-state index >= 15 is 0 Å². The zero-order valence-corrected chi connectivity index (χ0v) is 62.8. The largest absolute Gasteiger partial charge is 0.456 e. The Morgan fingerprint density at radius 3 is 0.974 bits per heavy atom. The summed E-state index contributed by atoms with van der Waals surface area (Å²) in [5.74, 6) is 0. The van der Waals surface area contributed by atoms with Crippen molar-refractivity contribution in [2.24, 2.45) is 0 Å². The van der Waals surface area contributed by atoms with Crippen LogP contribution >= 0.6 is 0 Å². The molecule has 0 aliphatic heterocycles. The second-order valence-corrected chi connectivity index (χ2v) is 30.9. The van der Waals surface area contributed by atoms with Gasteiger partial charge >= 0.3 is 0 Å². The van der Waals surface area contributed by atoms with Gasteiger partial charge < -0.3 is 27.5 Å². The first-order valence-electron chi connectivity index (χ1n) is 39.7. The average Bonchev–Trinajstić information content (AvgIpc) is 1.53. The van der Waals surface area contributed by atoms with Gasteiger partial charge in [-0.2, -0.15) is 0 Å². The van der Waals surface area contributed by atoms with E-state index in [1.54, 1.807) is 0 Å². The average molecular weight is 1480 g/mol. The minimum absolute atomic E-state index is 0.546. The monoisotopic (exact) mass is 1480 g/mol. The Kier molecular flexibility index (Phi) is 14.5. The molecule has 0 saturated heterocycles. The van der Waals surface area contributed by atoms with Gasteiger partial charge in [0.1, 0.15) is 39.1 Å². The maximum absolute atomic E-state index is 7.36. The van der Waals surface area contributed by atoms with Gasteiger partial charge in [0.25, 0.3) is 0 Å². The van der Waals surface area contributed by atoms with Crippen LogP contribution in [0.15, 0.2) is 430 Å². The van der Waals surface area contributed by atoms with Crippen LogP contribution in [0.25, 0.3) is 143 Å². The zero-order chi connectivity index (χ0) is 76.2. The smallest absolute Gasteiger partial charge is 0.159 e. The van der Waals surface area contributed by atoms with Crippen molar-refractivity contribution < 1.29 is 17.7 Å². The fraction of sp³-hybridized carbons (Fsp3) is 0.0182. The molecule has 0 saturated carbocycles. The Balaban J connectivity index is 0.564. The van der Waals surface area contributed by atoms with Crippen molar-refractivity contribution in [3.05, 3.63) is 457 Å². The van der Waals surface area contributed by atoms with Crippen molar-refractivity contribution in [3.63, 3.8) is 0 Å². The fourth-order valence-electron chi connectivity index (χ4n) is 19.7. The van der Waals surface area contributed by atoms with E-state index in [2.05, 4.69) is 398 Å². The van der Waals surface area contributed by atoms with Gasteiger partial charge in [-0.25, -0.2) is 0 Å². The van der Waals surface area contributed by atoms with Crippen LogP contribution in [-0.4, -0.2) is 0 Å². The second-order valence-electron chi connectivity index (χ2n) is 30.9. The number of hydrogen-bond acceptors (Lipinski definition) is 6. The predicted molar refractivity (Wildman–Crippen MR) is 476 cm³/mol. The van der Waals surface area contributed by atoms with E-state index in [9.17, 15) is 0 Å². The standard InChI is InChI=1S/C110H68N2O4/c1-5-25-75(26-6-1)109(76-27-7-2-8-28-76)97-39-18-14-34-85(97)90-66-95-93-63-82(56-59-105(93)115-106(95)67-98(90)109)111(81-55-58-103-91(62-81)86-35-15-19-41-101(86)113-103)79-51-49-72(50-52-79)74-24-21-23-73(61-74)71-45-43-69(44-46-71)70-47-53-80(54-48-70)112(83-57-60-104-92(64-83)87-36-16-20-42-102(87)114-104)100-40-22-37-88-94-65-89-84-33-13-17-38-96(84)110(77-29-9-3-10-30-77,78-31-11-4-12-32-78)99(89)68-107(94)116-108(88)100/h1-68H. The third-order valence-corrected chi connectivity index (χ3v) is 24.8. The van der Waals surface area contributed by atoms with E-state index in [0.717, 1.165) is 155 Å². The first-order valence-corrected chi connectivity index (χ1v) is 39.7. The minimum Gasteiger partial charge on any atom is -0.456 e. The number of nitrogens with zero attached hydrogens (tertiary/aromatic N) is 2. The summed E-state index contributed by atoms with van der Waals surface area (Å²) in [5.41, 5.74) is 33.0. The number of furan rings is 4. The van der Waals surface area contributed by atoms with Crippen LogP contribution < -0.4 is 9.80 Å². The molecule has 0 atom stereocenters. The summed E-state index contributed by atoms with van der Waals surface area (Å²) < 4.78 is 27.2. The van der Waals surface area contributed by atoms with Gasteiger partial charge in [-0.3, -0.25) is 0 Å². The van der Waals surface area contributed by atoms with Crippen LogP contribution in [0.4, 0.5) is 34.1 Å². The topological polar surface area (TPSA) is 59.0 Å². The summed E-state index contributed by atoms with van der Waals surface area (Å²) in [6, 6.07) is 150. The molecule has 22 aromatic rings. The zero-order valence-electron chi connectivity index (χ0n) is 62.8. The highest BCUT2D eigenvalue weighted by Gasteiger charge is 2.48. The van der Waals surface area contributed by atoms with Crippen molar-refractivity contribution in [1.29, 1.82) is 0 Å². The Morgan fingerprint density at radius 2 is 0.500 bits per heavy atom. The molecule has 0 amide bonds. The van der Waals surface area contributed by atoms with Crippen LogP contribution in [0.5, 0.6) is 0 Å². The molecule has 0 spiro atoms. The van der Waals surface area contributed by atoms with Crippen LogP contribution in [0.2, 0.25) is 0 Å². The van der Waals surface area contributed by atoms with E-state index in [0.29, 0.717) is 0 Å². The van der Waals surface area contributed by atoms with Gasteiger partial charge in [0.15, 0.2) is 5.58 Å². The molecule has 18 aromatic carbocycles. The molecule has 0 N–H and O–H groups in total. The first-order chi connectivity index (χ1) is 57.5. The highest BCUT2D eigenvalue weighted by Crippen LogP contribution is 2.60. The Bertz CT molecular complexity index is 7610. The number of hydrogen-bond donors (Lipinski definition) is 0. The SMILES string of the molecule is c1ccc(C2(c3ccccc3)c3ccccc3-c3cc4c(cc32)oc2ccc(N(c3ccc(-c5cccc(-c6ccc(-c7ccc(N(c8ccc9oc%10ccccc%10c9c8)c8cccc9c8oc8cc%10c(cc89)-c8ccccc8C%10(c8ccccc8)c8ccccc8)cc7)cc6)c5)cc3)c3ccc5oc6ccccc6c5c3)cc24)cc1. The molecule has 2 aliphatic rings. The van der Waals surface area contributed by atoms with Gasteiger partial charge in [-0.15, -0.1) is 0 Å². The fourth-order valence-corrected chi connectivity index (χ4v) is 19.7. The summed E-state index contributed by atoms with van der Waals surface area (Å²) >= 11 is 0. The molecule has 24 rings (SSSR count). The molecule has 0 radical (unpaired) electrons. The van der Waals surface area contributed by atoms with Crippen LogP contribution in [0.3, 0.4) is 0 Å². The van der Waals surface area contributed by atoms with Crippen molar-refractivity contribution >= 4 is 122 Å². The quantitative estimate of drug-likeness (QED) is 0.115. The van der Waals surface area contributed by atoms with E-state index < -0.39 is 10.8 Å². The molecular weight excluding hydrogens is 1410 g/mol. The molecule has 116 heavy (non-hydrogen) atoms. The third kappa shape index (κ3) is 9.84. The molecule has 0 bridgehead atoms. The molecule has 0 fully saturated rings. The van der Waals surface area contributed by atoms with Gasteiger partial charge in [0, 0.05) is 71.5 Å². The first kappa shape index (κ1) is 65.5. The molecule has 4 heterocycles. The number of fused-ring (bicyclic) bond motifs is 18. The lowest BCUT2D eigenvalue weighted by molar-refractivity contribution is 0.665. The lowest BCUT2D eigenvalue weighted by atomic mass is 9.67.